The van der Waals surface area contributed by atoms with Gasteiger partial charge in [-0.2, -0.15) is 0 Å². The number of hydrogen-bond acceptors (Lipinski definition) is 7. The molecule has 0 saturated carbocycles. The maximum absolute atomic E-state index is 12.5. The van der Waals surface area contributed by atoms with E-state index in [9.17, 15) is 14.4 Å². The number of aryl methyl sites for hydroxylation is 1. The molecule has 0 bridgehead atoms. The van der Waals surface area contributed by atoms with E-state index in [1.54, 1.807) is 30.3 Å². The van der Waals surface area contributed by atoms with Crippen LogP contribution in [-0.4, -0.2) is 32.6 Å². The minimum Gasteiger partial charge on any atom is -0.497 e. The van der Waals surface area contributed by atoms with Crippen molar-refractivity contribution in [2.24, 2.45) is 5.92 Å². The Bertz CT molecular complexity index is 1300. The summed E-state index contributed by atoms with van der Waals surface area (Å²) in [4.78, 5) is 37.3. The van der Waals surface area contributed by atoms with E-state index in [-0.39, 0.29) is 12.8 Å². The lowest BCUT2D eigenvalue weighted by Gasteiger charge is -2.13. The highest BCUT2D eigenvalue weighted by Gasteiger charge is 2.15. The first-order valence-corrected chi connectivity index (χ1v) is 11.7. The summed E-state index contributed by atoms with van der Waals surface area (Å²) in [5, 5.41) is 0.768. The van der Waals surface area contributed by atoms with Gasteiger partial charge in [0.15, 0.2) is 11.5 Å². The smallest absolute Gasteiger partial charge is 0.339 e. The molecule has 0 radical (unpaired) electrons. The number of rotatable bonds is 10. The number of carbonyl (C=O) groups is 2. The molecule has 2 aromatic carbocycles. The summed E-state index contributed by atoms with van der Waals surface area (Å²) in [5.74, 6) is 1.10. The SMILES string of the molecule is COc1ccc2c(C)c(CCC(=O)NNC(=O)c3ccc(OCCC(C)C)c(OC)c3)c(=O)oc2c1. The number of amides is 2. The fourth-order valence-corrected chi connectivity index (χ4v) is 3.62. The first-order valence-electron chi connectivity index (χ1n) is 11.7. The number of nitrogens with one attached hydrogen (secondary N) is 2. The Morgan fingerprint density at radius 1 is 1.00 bits per heavy atom. The second-order valence-electron chi connectivity index (χ2n) is 8.75. The average molecular weight is 497 g/mol. The number of fused-ring (bicyclic) bond motifs is 1. The molecule has 0 aliphatic heterocycles. The van der Waals surface area contributed by atoms with Gasteiger partial charge in [0.25, 0.3) is 5.91 Å². The number of hydrogen-bond donors (Lipinski definition) is 2. The molecule has 2 N–H and O–H groups in total. The summed E-state index contributed by atoms with van der Waals surface area (Å²) in [5.41, 5.74) is 6.13. The van der Waals surface area contributed by atoms with Crippen LogP contribution in [0, 0.1) is 12.8 Å². The fraction of sp³-hybridized carbons (Fsp3) is 0.370. The zero-order valence-corrected chi connectivity index (χ0v) is 21.2. The van der Waals surface area contributed by atoms with Crippen LogP contribution in [0.25, 0.3) is 11.0 Å². The van der Waals surface area contributed by atoms with Gasteiger partial charge in [0.1, 0.15) is 11.3 Å². The molecule has 192 valence electrons. The summed E-state index contributed by atoms with van der Waals surface area (Å²) in [6.07, 6.45) is 1.04. The zero-order chi connectivity index (χ0) is 26.2. The van der Waals surface area contributed by atoms with Crippen LogP contribution in [-0.2, 0) is 11.2 Å². The van der Waals surface area contributed by atoms with E-state index in [1.807, 2.05) is 13.0 Å². The normalized spacial score (nSPS) is 10.8. The van der Waals surface area contributed by atoms with E-state index in [1.165, 1.54) is 14.2 Å². The predicted molar refractivity (Wildman–Crippen MR) is 136 cm³/mol. The third kappa shape index (κ3) is 6.56. The molecule has 36 heavy (non-hydrogen) atoms. The summed E-state index contributed by atoms with van der Waals surface area (Å²) in [6, 6.07) is 10.0. The van der Waals surface area contributed by atoms with Crippen molar-refractivity contribution in [2.45, 2.75) is 40.0 Å². The molecule has 0 saturated heterocycles. The Hall–Kier alpha value is -4.01. The first-order chi connectivity index (χ1) is 17.2. The van der Waals surface area contributed by atoms with Gasteiger partial charge in [-0.1, -0.05) is 13.8 Å². The van der Waals surface area contributed by atoms with Crippen molar-refractivity contribution in [2.75, 3.05) is 20.8 Å². The van der Waals surface area contributed by atoms with Crippen LogP contribution in [0.3, 0.4) is 0 Å². The Kier molecular flexibility index (Phi) is 8.94. The third-order valence-corrected chi connectivity index (χ3v) is 5.79. The van der Waals surface area contributed by atoms with Crippen molar-refractivity contribution >= 4 is 22.8 Å². The molecule has 0 unspecified atom stereocenters. The molecule has 9 nitrogen and oxygen atoms in total. The number of benzene rings is 2. The van der Waals surface area contributed by atoms with Gasteiger partial charge in [-0.25, -0.2) is 4.79 Å². The molecule has 0 aliphatic rings. The van der Waals surface area contributed by atoms with Gasteiger partial charge < -0.3 is 18.6 Å². The second kappa shape index (κ2) is 12.1. The van der Waals surface area contributed by atoms with E-state index in [0.29, 0.717) is 46.5 Å². The lowest BCUT2D eigenvalue weighted by Crippen LogP contribution is -2.41. The molecule has 3 rings (SSSR count). The minimum atomic E-state index is -0.509. The van der Waals surface area contributed by atoms with E-state index >= 15 is 0 Å². The predicted octanol–water partition coefficient (Wildman–Crippen LogP) is 3.94. The Morgan fingerprint density at radius 3 is 2.47 bits per heavy atom. The summed E-state index contributed by atoms with van der Waals surface area (Å²) >= 11 is 0. The summed E-state index contributed by atoms with van der Waals surface area (Å²) in [6.45, 7) is 6.57. The van der Waals surface area contributed by atoms with E-state index in [0.717, 1.165) is 17.4 Å². The maximum Gasteiger partial charge on any atom is 0.339 e. The quantitative estimate of drug-likeness (QED) is 0.323. The number of hydrazine groups is 1. The number of carbonyl (C=O) groups excluding carboxylic acids is 2. The second-order valence-corrected chi connectivity index (χ2v) is 8.75. The van der Waals surface area contributed by atoms with Crippen LogP contribution in [0.1, 0.15) is 48.2 Å². The third-order valence-electron chi connectivity index (χ3n) is 5.79. The van der Waals surface area contributed by atoms with Crippen molar-refractivity contribution in [3.05, 3.63) is 63.5 Å². The van der Waals surface area contributed by atoms with Gasteiger partial charge in [0, 0.05) is 29.0 Å². The molecule has 0 spiro atoms. The fourth-order valence-electron chi connectivity index (χ4n) is 3.62. The molecule has 0 fully saturated rings. The Balaban J connectivity index is 1.58. The molecular weight excluding hydrogens is 464 g/mol. The Labute approximate surface area is 209 Å². The van der Waals surface area contributed by atoms with Crippen molar-refractivity contribution in [3.63, 3.8) is 0 Å². The van der Waals surface area contributed by atoms with E-state index in [4.69, 9.17) is 18.6 Å². The molecule has 1 heterocycles. The highest BCUT2D eigenvalue weighted by atomic mass is 16.5. The lowest BCUT2D eigenvalue weighted by atomic mass is 10.0. The van der Waals surface area contributed by atoms with Gasteiger partial charge in [-0.05, 0) is 61.6 Å². The van der Waals surface area contributed by atoms with Crippen LogP contribution in [0.2, 0.25) is 0 Å². The Morgan fingerprint density at radius 2 is 1.78 bits per heavy atom. The van der Waals surface area contributed by atoms with Gasteiger partial charge in [0.05, 0.1) is 20.8 Å². The van der Waals surface area contributed by atoms with Gasteiger partial charge in [-0.3, -0.25) is 20.4 Å². The van der Waals surface area contributed by atoms with Crippen molar-refractivity contribution in [3.8, 4) is 17.2 Å². The maximum atomic E-state index is 12.5. The van der Waals surface area contributed by atoms with Crippen molar-refractivity contribution in [1.29, 1.82) is 0 Å². The van der Waals surface area contributed by atoms with E-state index in [2.05, 4.69) is 24.7 Å². The van der Waals surface area contributed by atoms with E-state index < -0.39 is 17.4 Å². The van der Waals surface area contributed by atoms with Crippen LogP contribution in [0.15, 0.2) is 45.6 Å². The standard InChI is InChI=1S/C27H32N2O7/c1-16(2)12-13-35-22-10-6-18(14-24(22)34-5)26(31)29-28-25(30)11-9-21-17(3)20-8-7-19(33-4)15-23(20)36-27(21)32/h6-8,10,14-16H,9,11-13H2,1-5H3,(H,28,30)(H,29,31). The molecular formula is C27H32N2O7. The monoisotopic (exact) mass is 496 g/mol. The number of methoxy groups -OCH3 is 2. The largest absolute Gasteiger partial charge is 0.497 e. The molecule has 0 atom stereocenters. The lowest BCUT2D eigenvalue weighted by molar-refractivity contribution is -0.121. The molecule has 1 aromatic heterocycles. The molecule has 3 aromatic rings. The minimum absolute atomic E-state index is 0.0144. The topological polar surface area (TPSA) is 116 Å². The summed E-state index contributed by atoms with van der Waals surface area (Å²) < 4.78 is 21.7. The molecule has 2 amide bonds. The van der Waals surface area contributed by atoms with Crippen LogP contribution in [0.5, 0.6) is 17.2 Å². The van der Waals surface area contributed by atoms with Crippen molar-refractivity contribution in [1.82, 2.24) is 10.9 Å². The zero-order valence-electron chi connectivity index (χ0n) is 21.2. The van der Waals surface area contributed by atoms with Crippen LogP contribution < -0.4 is 30.7 Å². The van der Waals surface area contributed by atoms with Crippen molar-refractivity contribution < 1.29 is 28.2 Å². The average Bonchev–Trinajstić information content (AvgIpc) is 2.86. The van der Waals surface area contributed by atoms with Gasteiger partial charge in [-0.15, -0.1) is 0 Å². The van der Waals surface area contributed by atoms with Crippen LogP contribution in [0.4, 0.5) is 0 Å². The summed E-state index contributed by atoms with van der Waals surface area (Å²) in [7, 11) is 3.03. The highest BCUT2D eigenvalue weighted by molar-refractivity contribution is 5.96. The van der Waals surface area contributed by atoms with Crippen LogP contribution >= 0.6 is 0 Å². The molecule has 0 aliphatic carbocycles. The number of ether oxygens (including phenoxy) is 3. The highest BCUT2D eigenvalue weighted by Crippen LogP contribution is 2.28. The first kappa shape index (κ1) is 26.6. The van der Waals surface area contributed by atoms with Gasteiger partial charge >= 0.3 is 5.63 Å². The molecule has 9 heteroatoms. The van der Waals surface area contributed by atoms with Gasteiger partial charge in [0.2, 0.25) is 5.91 Å².